The first-order chi connectivity index (χ1) is 2.00. The molecule has 0 bridgehead atoms. The number of hydrogen-bond donors (Lipinski definition) is 3. The molecule has 3 N–H and O–H groups in total. The van der Waals surface area contributed by atoms with Crippen LogP contribution in [0.2, 0.25) is 0 Å². The number of phosphoric acid groups is 1. The molecule has 0 heterocycles. The average Bonchev–Trinajstić information content (AvgIpc) is 0.722. The Morgan fingerprint density at radius 2 is 1.29 bits per heavy atom. The van der Waals surface area contributed by atoms with Crippen LogP contribution in [-0.2, 0) is 21.1 Å². The van der Waals surface area contributed by atoms with Crippen LogP contribution < -0.4 is 0 Å². The third-order valence-corrected chi connectivity index (χ3v) is 0. The second-order valence-electron chi connectivity index (χ2n) is 0.513. The first-order valence-electron chi connectivity index (χ1n) is 0.783. The summed E-state index contributed by atoms with van der Waals surface area (Å²) in [7, 11) is -4.64. The third kappa shape index (κ3) is 113. The molecule has 7 heteroatoms. The van der Waals surface area contributed by atoms with E-state index >= 15 is 0 Å². The molecular weight excluding hydrogens is 178 g/mol. The predicted octanol–water partition coefficient (Wildman–Crippen LogP) is -1.09. The molecule has 7 heavy (non-hydrogen) atoms. The molecule has 0 aromatic heterocycles. The van der Waals surface area contributed by atoms with E-state index in [-0.39, 0.29) is 42.4 Å². The van der Waals surface area contributed by atoms with Gasteiger partial charge in [-0.3, -0.25) is 0 Å². The normalized spacial score (nSPS) is 8.43. The van der Waals surface area contributed by atoms with E-state index in [1.165, 1.54) is 0 Å². The minimum absolute atomic E-state index is 0. The maximum Gasteiger partial charge on any atom is 2.00 e. The van der Waals surface area contributed by atoms with Gasteiger partial charge in [0.2, 0.25) is 0 Å². The van der Waals surface area contributed by atoms with Gasteiger partial charge in [-0.15, -0.1) is 0 Å². The van der Waals surface area contributed by atoms with Crippen molar-refractivity contribution in [3.05, 3.63) is 0 Å². The van der Waals surface area contributed by atoms with E-state index in [1.807, 2.05) is 0 Å². The van der Waals surface area contributed by atoms with Crippen molar-refractivity contribution >= 4 is 30.9 Å². The fraction of sp³-hybridized carbons (Fsp3) is 0. The maximum atomic E-state index is 8.88. The van der Waals surface area contributed by atoms with Crippen LogP contribution in [-0.4, -0.2) is 37.7 Å². The van der Waals surface area contributed by atoms with E-state index in [2.05, 4.69) is 0 Å². The first-order valence-corrected chi connectivity index (χ1v) is 2.35. The average molecular weight is 183 g/mol. The van der Waals surface area contributed by atoms with E-state index in [0.717, 1.165) is 0 Å². The fourth-order valence-corrected chi connectivity index (χ4v) is 0. The zero-order valence-corrected chi connectivity index (χ0v) is 6.52. The Kier molecular flexibility index (Phi) is 12.4. The van der Waals surface area contributed by atoms with E-state index in [1.54, 1.807) is 0 Å². The van der Waals surface area contributed by atoms with Crippen molar-refractivity contribution in [2.75, 3.05) is 0 Å². The Morgan fingerprint density at radius 3 is 1.29 bits per heavy atom. The molecule has 0 spiro atoms. The molecule has 0 saturated heterocycles. The molecule has 0 saturated carbocycles. The summed E-state index contributed by atoms with van der Waals surface area (Å²) in [5.41, 5.74) is 0. The van der Waals surface area contributed by atoms with Crippen molar-refractivity contribution in [2.45, 2.75) is 0 Å². The first kappa shape index (κ1) is 15.8. The molecule has 46 valence electrons. The molecular formula is H5MgNiO4P. The predicted molar refractivity (Wildman–Crippen MR) is 22.2 cm³/mol. The molecule has 0 aliphatic heterocycles. The van der Waals surface area contributed by atoms with Gasteiger partial charge in [-0.05, 0) is 0 Å². The van der Waals surface area contributed by atoms with Crippen molar-refractivity contribution in [3.63, 3.8) is 0 Å². The van der Waals surface area contributed by atoms with Crippen LogP contribution in [0.25, 0.3) is 0 Å². The second kappa shape index (κ2) is 5.51. The Balaban J connectivity index is -0.0000000133. The van der Waals surface area contributed by atoms with Gasteiger partial charge in [-0.1, -0.05) is 0 Å². The Hall–Kier alpha value is 1.37. The van der Waals surface area contributed by atoms with E-state index < -0.39 is 7.82 Å². The van der Waals surface area contributed by atoms with Gasteiger partial charge in [-0.2, -0.15) is 0 Å². The van der Waals surface area contributed by atoms with Crippen LogP contribution in [0.4, 0.5) is 0 Å². The topological polar surface area (TPSA) is 77.8 Å². The van der Waals surface area contributed by atoms with Crippen molar-refractivity contribution in [1.82, 2.24) is 0 Å². The van der Waals surface area contributed by atoms with E-state index in [9.17, 15) is 0 Å². The molecule has 0 aliphatic rings. The molecule has 0 rings (SSSR count). The summed E-state index contributed by atoms with van der Waals surface area (Å²) in [6.45, 7) is 0. The van der Waals surface area contributed by atoms with Crippen molar-refractivity contribution in [3.8, 4) is 0 Å². The molecule has 0 aliphatic carbocycles. The van der Waals surface area contributed by atoms with Crippen molar-refractivity contribution < 1.29 is 38.6 Å². The monoisotopic (exact) mass is 182 g/mol. The van der Waals surface area contributed by atoms with Crippen LogP contribution in [0.15, 0.2) is 0 Å². The molecule has 0 atom stereocenters. The summed E-state index contributed by atoms with van der Waals surface area (Å²) in [6, 6.07) is 0. The van der Waals surface area contributed by atoms with Gasteiger partial charge in [0.05, 0.1) is 0 Å². The second-order valence-corrected chi connectivity index (χ2v) is 1.54. The largest absolute Gasteiger partial charge is 2.00 e. The summed E-state index contributed by atoms with van der Waals surface area (Å²) in [5, 5.41) is 0. The summed E-state index contributed by atoms with van der Waals surface area (Å²) in [4.78, 5) is 21.6. The van der Waals surface area contributed by atoms with Crippen LogP contribution in [0.3, 0.4) is 0 Å². The summed E-state index contributed by atoms with van der Waals surface area (Å²) in [5.74, 6) is 0. The molecule has 4 nitrogen and oxygen atoms in total. The SMILES string of the molecule is O=P(O)(O)O.[H-].[H-].[Mg+2].[Ni]. The number of rotatable bonds is 0. The smallest absolute Gasteiger partial charge is 1.00 e. The molecule has 0 aromatic rings. The van der Waals surface area contributed by atoms with Crippen LogP contribution in [0.1, 0.15) is 2.85 Å². The quantitative estimate of drug-likeness (QED) is 0.329. The molecule has 0 unspecified atom stereocenters. The summed E-state index contributed by atoms with van der Waals surface area (Å²) < 4.78 is 8.88. The van der Waals surface area contributed by atoms with Gasteiger partial charge in [0, 0.05) is 16.5 Å². The molecule has 0 aromatic carbocycles. The molecule has 0 radical (unpaired) electrons. The summed E-state index contributed by atoms with van der Waals surface area (Å²) in [6.07, 6.45) is 0. The Morgan fingerprint density at radius 1 is 1.29 bits per heavy atom. The Bertz CT molecular complexity index is 64.7. The molecule has 0 fully saturated rings. The minimum Gasteiger partial charge on any atom is -1.00 e. The van der Waals surface area contributed by atoms with Crippen LogP contribution in [0, 0.1) is 0 Å². The van der Waals surface area contributed by atoms with Gasteiger partial charge in [-0.25, -0.2) is 4.57 Å². The van der Waals surface area contributed by atoms with Crippen LogP contribution in [0.5, 0.6) is 0 Å². The standard InChI is InChI=1S/Mg.Ni.H3O4P.2H/c;;1-5(2,3)4;;/h;;(H3,1,2,3,4);;/q+2;;;2*-1. The van der Waals surface area contributed by atoms with Crippen molar-refractivity contribution in [2.24, 2.45) is 0 Å². The minimum atomic E-state index is -4.64. The van der Waals surface area contributed by atoms with Gasteiger partial charge in [0.25, 0.3) is 0 Å². The van der Waals surface area contributed by atoms with E-state index in [0.29, 0.717) is 0 Å². The zero-order chi connectivity index (χ0) is 4.50. The van der Waals surface area contributed by atoms with Crippen molar-refractivity contribution in [1.29, 1.82) is 0 Å². The van der Waals surface area contributed by atoms with Crippen LogP contribution >= 0.6 is 7.82 Å². The zero-order valence-electron chi connectivity index (χ0n) is 5.22. The van der Waals surface area contributed by atoms with Gasteiger partial charge in [0.15, 0.2) is 0 Å². The van der Waals surface area contributed by atoms with Gasteiger partial charge < -0.3 is 17.5 Å². The summed E-state index contributed by atoms with van der Waals surface area (Å²) >= 11 is 0. The number of hydrogen-bond acceptors (Lipinski definition) is 1. The van der Waals surface area contributed by atoms with E-state index in [4.69, 9.17) is 19.2 Å². The fourth-order valence-electron chi connectivity index (χ4n) is 0. The van der Waals surface area contributed by atoms with Gasteiger partial charge in [0.1, 0.15) is 0 Å². The Labute approximate surface area is 69.6 Å². The molecule has 0 amide bonds. The maximum absolute atomic E-state index is 8.88. The van der Waals surface area contributed by atoms with Gasteiger partial charge >= 0.3 is 30.9 Å². The third-order valence-electron chi connectivity index (χ3n) is 0.